The van der Waals surface area contributed by atoms with Crippen molar-refractivity contribution < 1.29 is 9.90 Å². The van der Waals surface area contributed by atoms with Gasteiger partial charge in [-0.05, 0) is 25.2 Å². The van der Waals surface area contributed by atoms with Crippen LogP contribution in [0.4, 0.5) is 0 Å². The molecule has 4 heteroatoms. The molecule has 0 spiro atoms. The molecule has 1 heterocycles. The van der Waals surface area contributed by atoms with E-state index in [1.807, 2.05) is 0 Å². The van der Waals surface area contributed by atoms with Crippen molar-refractivity contribution in [3.63, 3.8) is 0 Å². The van der Waals surface area contributed by atoms with E-state index in [0.29, 0.717) is 25.1 Å². The third kappa shape index (κ3) is 2.07. The van der Waals surface area contributed by atoms with Gasteiger partial charge in [-0.1, -0.05) is 0 Å². The lowest BCUT2D eigenvalue weighted by Gasteiger charge is -2.31. The molecule has 0 radical (unpaired) electrons. The van der Waals surface area contributed by atoms with Crippen LogP contribution in [0.5, 0.6) is 0 Å². The Kier molecular flexibility index (Phi) is 3.03. The van der Waals surface area contributed by atoms with Gasteiger partial charge < -0.3 is 10.4 Å². The molecule has 0 aromatic carbocycles. The maximum Gasteiger partial charge on any atom is 0.234 e. The first kappa shape index (κ1) is 9.93. The van der Waals surface area contributed by atoms with Gasteiger partial charge in [0.05, 0.1) is 6.54 Å². The Morgan fingerprint density at radius 2 is 2.36 bits per heavy atom. The first-order chi connectivity index (χ1) is 6.79. The fourth-order valence-electron chi connectivity index (χ4n) is 2.52. The minimum atomic E-state index is 0.142. The van der Waals surface area contributed by atoms with Crippen LogP contribution in [0, 0.1) is 5.92 Å². The quantitative estimate of drug-likeness (QED) is 0.633. The van der Waals surface area contributed by atoms with Crippen LogP contribution in [0.15, 0.2) is 0 Å². The minimum Gasteiger partial charge on any atom is -0.396 e. The molecule has 2 N–H and O–H groups in total. The molecular weight excluding hydrogens is 180 g/mol. The third-order valence-corrected chi connectivity index (χ3v) is 3.36. The van der Waals surface area contributed by atoms with Crippen molar-refractivity contribution in [1.29, 1.82) is 0 Å². The van der Waals surface area contributed by atoms with E-state index in [1.54, 1.807) is 0 Å². The summed E-state index contributed by atoms with van der Waals surface area (Å²) in [4.78, 5) is 13.4. The predicted molar refractivity (Wildman–Crippen MR) is 52.8 cm³/mol. The summed E-state index contributed by atoms with van der Waals surface area (Å²) in [5, 5.41) is 11.9. The monoisotopic (exact) mass is 198 g/mol. The molecule has 2 atom stereocenters. The average Bonchev–Trinajstić information content (AvgIpc) is 2.66. The number of rotatable bonds is 2. The van der Waals surface area contributed by atoms with Crippen LogP contribution in [0.2, 0.25) is 0 Å². The molecule has 0 bridgehead atoms. The number of nitrogens with one attached hydrogen (secondary N) is 1. The molecule has 14 heavy (non-hydrogen) atoms. The van der Waals surface area contributed by atoms with E-state index < -0.39 is 0 Å². The second-order valence-electron chi connectivity index (χ2n) is 4.34. The summed E-state index contributed by atoms with van der Waals surface area (Å²) in [7, 11) is 0. The normalized spacial score (nSPS) is 34.5. The largest absolute Gasteiger partial charge is 0.396 e. The molecule has 1 aliphatic heterocycles. The van der Waals surface area contributed by atoms with Gasteiger partial charge in [-0.3, -0.25) is 9.69 Å². The molecular formula is C10H18N2O2. The van der Waals surface area contributed by atoms with Crippen molar-refractivity contribution in [3.8, 4) is 0 Å². The lowest BCUT2D eigenvalue weighted by Crippen LogP contribution is -2.51. The molecule has 2 fully saturated rings. The number of carbonyl (C=O) groups excluding carboxylic acids is 1. The van der Waals surface area contributed by atoms with Crippen molar-refractivity contribution in [2.75, 3.05) is 26.2 Å². The Labute approximate surface area is 84.3 Å². The number of hydrogen-bond acceptors (Lipinski definition) is 3. The summed E-state index contributed by atoms with van der Waals surface area (Å²) in [6.07, 6.45) is 3.31. The van der Waals surface area contributed by atoms with Gasteiger partial charge in [0, 0.05) is 25.7 Å². The maximum atomic E-state index is 11.2. The van der Waals surface area contributed by atoms with Gasteiger partial charge in [-0.25, -0.2) is 0 Å². The van der Waals surface area contributed by atoms with Crippen LogP contribution < -0.4 is 5.32 Å². The van der Waals surface area contributed by atoms with Gasteiger partial charge in [-0.15, -0.1) is 0 Å². The van der Waals surface area contributed by atoms with E-state index in [1.165, 1.54) is 0 Å². The van der Waals surface area contributed by atoms with Gasteiger partial charge in [-0.2, -0.15) is 0 Å². The molecule has 1 saturated heterocycles. The number of carbonyl (C=O) groups is 1. The van der Waals surface area contributed by atoms with E-state index in [0.717, 1.165) is 32.4 Å². The predicted octanol–water partition coefficient (Wildman–Crippen LogP) is -0.421. The Balaban J connectivity index is 1.86. The Bertz CT molecular complexity index is 220. The van der Waals surface area contributed by atoms with Crippen LogP contribution in [0.3, 0.4) is 0 Å². The van der Waals surface area contributed by atoms with Crippen LogP contribution >= 0.6 is 0 Å². The van der Waals surface area contributed by atoms with Gasteiger partial charge in [0.25, 0.3) is 0 Å². The van der Waals surface area contributed by atoms with E-state index in [4.69, 9.17) is 5.11 Å². The molecule has 2 rings (SSSR count). The number of hydrogen-bond donors (Lipinski definition) is 2. The molecule has 1 saturated carbocycles. The number of amides is 1. The van der Waals surface area contributed by atoms with Crippen molar-refractivity contribution >= 4 is 5.91 Å². The van der Waals surface area contributed by atoms with Crippen molar-refractivity contribution in [1.82, 2.24) is 10.2 Å². The highest BCUT2D eigenvalue weighted by molar-refractivity contribution is 5.78. The lowest BCUT2D eigenvalue weighted by molar-refractivity contribution is -0.124. The zero-order chi connectivity index (χ0) is 9.97. The number of aliphatic hydroxyl groups is 1. The van der Waals surface area contributed by atoms with Gasteiger partial charge in [0.15, 0.2) is 0 Å². The zero-order valence-corrected chi connectivity index (χ0v) is 8.41. The summed E-state index contributed by atoms with van der Waals surface area (Å²) in [6, 6.07) is 0.526. The fourth-order valence-corrected chi connectivity index (χ4v) is 2.52. The Morgan fingerprint density at radius 3 is 3.00 bits per heavy atom. The summed E-state index contributed by atoms with van der Waals surface area (Å²) >= 11 is 0. The summed E-state index contributed by atoms with van der Waals surface area (Å²) in [5.41, 5.74) is 0. The minimum absolute atomic E-state index is 0.142. The van der Waals surface area contributed by atoms with Crippen LogP contribution in [0.1, 0.15) is 19.3 Å². The fraction of sp³-hybridized carbons (Fsp3) is 0.900. The number of nitrogens with zero attached hydrogens (tertiary/aromatic N) is 1. The highest BCUT2D eigenvalue weighted by Gasteiger charge is 2.30. The van der Waals surface area contributed by atoms with E-state index in [9.17, 15) is 4.79 Å². The van der Waals surface area contributed by atoms with Crippen LogP contribution in [0.25, 0.3) is 0 Å². The summed E-state index contributed by atoms with van der Waals surface area (Å²) in [6.45, 7) is 2.59. The van der Waals surface area contributed by atoms with Gasteiger partial charge >= 0.3 is 0 Å². The van der Waals surface area contributed by atoms with E-state index in [2.05, 4.69) is 10.2 Å². The smallest absolute Gasteiger partial charge is 0.234 e. The molecule has 0 aromatic heterocycles. The number of piperazine rings is 1. The van der Waals surface area contributed by atoms with Gasteiger partial charge in [0.2, 0.25) is 5.91 Å². The topological polar surface area (TPSA) is 52.6 Å². The molecule has 1 aliphatic carbocycles. The summed E-state index contributed by atoms with van der Waals surface area (Å²) in [5.74, 6) is 0.605. The molecule has 1 amide bonds. The second kappa shape index (κ2) is 4.28. The third-order valence-electron chi connectivity index (χ3n) is 3.36. The maximum absolute atomic E-state index is 11.2. The Hall–Kier alpha value is -0.610. The van der Waals surface area contributed by atoms with Crippen molar-refractivity contribution in [2.45, 2.75) is 25.3 Å². The van der Waals surface area contributed by atoms with Crippen molar-refractivity contribution in [3.05, 3.63) is 0 Å². The first-order valence-electron chi connectivity index (χ1n) is 5.41. The highest BCUT2D eigenvalue weighted by Crippen LogP contribution is 2.28. The van der Waals surface area contributed by atoms with E-state index in [-0.39, 0.29) is 5.91 Å². The van der Waals surface area contributed by atoms with Gasteiger partial charge in [0.1, 0.15) is 0 Å². The molecule has 4 nitrogen and oxygen atoms in total. The summed E-state index contributed by atoms with van der Waals surface area (Å²) < 4.78 is 0. The average molecular weight is 198 g/mol. The molecule has 2 aliphatic rings. The standard InChI is InChI=1S/C10H18N2O2/c13-7-8-1-2-9(5-8)12-4-3-11-10(14)6-12/h8-9,13H,1-7H2,(H,11,14). The second-order valence-corrected chi connectivity index (χ2v) is 4.34. The molecule has 2 unspecified atom stereocenters. The van der Waals surface area contributed by atoms with Crippen molar-refractivity contribution in [2.24, 2.45) is 5.92 Å². The zero-order valence-electron chi connectivity index (χ0n) is 8.41. The first-order valence-corrected chi connectivity index (χ1v) is 5.41. The SMILES string of the molecule is O=C1CN(C2CCC(CO)C2)CCN1. The van der Waals surface area contributed by atoms with Crippen LogP contribution in [-0.4, -0.2) is 48.2 Å². The van der Waals surface area contributed by atoms with E-state index >= 15 is 0 Å². The number of aliphatic hydroxyl groups excluding tert-OH is 1. The van der Waals surface area contributed by atoms with Crippen LogP contribution in [-0.2, 0) is 4.79 Å². The highest BCUT2D eigenvalue weighted by atomic mass is 16.3. The Morgan fingerprint density at radius 1 is 1.50 bits per heavy atom. The lowest BCUT2D eigenvalue weighted by atomic mass is 10.1. The molecule has 80 valence electrons. The molecule has 0 aromatic rings.